The smallest absolute Gasteiger partial charge is 0.254 e. The molecule has 6 heteroatoms. The maximum atomic E-state index is 12.8. The maximum absolute atomic E-state index is 12.8. The van der Waals surface area contributed by atoms with Crippen LogP contribution in [0.2, 0.25) is 0 Å². The molecular formula is C21H27N3O3. The summed E-state index contributed by atoms with van der Waals surface area (Å²) in [4.78, 5) is 30.6. The van der Waals surface area contributed by atoms with Gasteiger partial charge in [-0.1, -0.05) is 30.3 Å². The number of rotatable bonds is 7. The third-order valence-electron chi connectivity index (χ3n) is 3.73. The van der Waals surface area contributed by atoms with Crippen LogP contribution in [0.25, 0.3) is 0 Å². The van der Waals surface area contributed by atoms with Crippen LogP contribution >= 0.6 is 0 Å². The standard InChI is InChI=1S/C21H27N3O3/c1-5-24(14-18(25)23-21(2,3)4)20(26)17-11-12-22-19(13-17)27-15-16-9-7-6-8-10-16/h6-13H,5,14-15H2,1-4H3,(H,23,25). The van der Waals surface area contributed by atoms with Crippen molar-refractivity contribution in [1.82, 2.24) is 15.2 Å². The number of carbonyl (C=O) groups excluding carboxylic acids is 2. The van der Waals surface area contributed by atoms with Crippen LogP contribution in [0.4, 0.5) is 0 Å². The Kier molecular flexibility index (Phi) is 6.93. The number of amides is 2. The fourth-order valence-corrected chi connectivity index (χ4v) is 2.49. The van der Waals surface area contributed by atoms with Gasteiger partial charge in [-0.2, -0.15) is 0 Å². The van der Waals surface area contributed by atoms with Gasteiger partial charge in [-0.3, -0.25) is 9.59 Å². The van der Waals surface area contributed by atoms with Gasteiger partial charge < -0.3 is 15.0 Å². The van der Waals surface area contributed by atoms with Crippen molar-refractivity contribution in [3.05, 3.63) is 59.8 Å². The van der Waals surface area contributed by atoms with Crippen molar-refractivity contribution in [3.63, 3.8) is 0 Å². The first kappa shape index (κ1) is 20.4. The molecule has 0 aliphatic heterocycles. The predicted molar refractivity (Wildman–Crippen MR) is 104 cm³/mol. The van der Waals surface area contributed by atoms with Crippen LogP contribution < -0.4 is 10.1 Å². The highest BCUT2D eigenvalue weighted by Crippen LogP contribution is 2.14. The van der Waals surface area contributed by atoms with Crippen molar-refractivity contribution in [3.8, 4) is 5.88 Å². The van der Waals surface area contributed by atoms with E-state index in [4.69, 9.17) is 4.74 Å². The molecule has 6 nitrogen and oxygen atoms in total. The topological polar surface area (TPSA) is 71.5 Å². The largest absolute Gasteiger partial charge is 0.473 e. The summed E-state index contributed by atoms with van der Waals surface area (Å²) in [6.07, 6.45) is 1.54. The molecule has 0 saturated carbocycles. The Bertz CT molecular complexity index is 770. The molecule has 0 aliphatic carbocycles. The molecule has 2 amide bonds. The normalized spacial score (nSPS) is 11.0. The number of nitrogens with one attached hydrogen (secondary N) is 1. The van der Waals surface area contributed by atoms with Gasteiger partial charge in [-0.15, -0.1) is 0 Å². The maximum Gasteiger partial charge on any atom is 0.254 e. The van der Waals surface area contributed by atoms with Crippen LogP contribution in [0, 0.1) is 0 Å². The quantitative estimate of drug-likeness (QED) is 0.814. The molecule has 2 aromatic rings. The van der Waals surface area contributed by atoms with E-state index >= 15 is 0 Å². The average molecular weight is 369 g/mol. The van der Waals surface area contributed by atoms with Gasteiger partial charge in [0.25, 0.3) is 5.91 Å². The number of carbonyl (C=O) groups is 2. The minimum Gasteiger partial charge on any atom is -0.473 e. The summed E-state index contributed by atoms with van der Waals surface area (Å²) in [5.74, 6) is -0.0410. The number of likely N-dealkylation sites (N-methyl/N-ethyl adjacent to an activating group) is 1. The Morgan fingerprint density at radius 2 is 1.85 bits per heavy atom. The molecule has 0 radical (unpaired) electrons. The number of benzene rings is 1. The summed E-state index contributed by atoms with van der Waals surface area (Å²) in [6, 6.07) is 13.0. The highest BCUT2D eigenvalue weighted by Gasteiger charge is 2.21. The molecule has 1 N–H and O–H groups in total. The first-order chi connectivity index (χ1) is 12.8. The van der Waals surface area contributed by atoms with E-state index in [2.05, 4.69) is 10.3 Å². The second-order valence-corrected chi connectivity index (χ2v) is 7.27. The van der Waals surface area contributed by atoms with Crippen LogP contribution in [0.5, 0.6) is 5.88 Å². The molecule has 2 rings (SSSR count). The molecule has 1 heterocycles. The minimum atomic E-state index is -0.339. The second-order valence-electron chi connectivity index (χ2n) is 7.27. The summed E-state index contributed by atoms with van der Waals surface area (Å²) in [6.45, 7) is 8.37. The van der Waals surface area contributed by atoms with Gasteiger partial charge in [-0.05, 0) is 39.3 Å². The zero-order chi connectivity index (χ0) is 19.9. The fourth-order valence-electron chi connectivity index (χ4n) is 2.49. The monoisotopic (exact) mass is 369 g/mol. The van der Waals surface area contributed by atoms with Gasteiger partial charge in [0.1, 0.15) is 6.61 Å². The number of aromatic nitrogens is 1. The Morgan fingerprint density at radius 1 is 1.15 bits per heavy atom. The molecule has 0 fully saturated rings. The van der Waals surface area contributed by atoms with Crippen LogP contribution in [0.1, 0.15) is 43.6 Å². The van der Waals surface area contributed by atoms with Crippen molar-refractivity contribution >= 4 is 11.8 Å². The average Bonchev–Trinajstić information content (AvgIpc) is 2.63. The summed E-state index contributed by atoms with van der Waals surface area (Å²) in [7, 11) is 0. The lowest BCUT2D eigenvalue weighted by Crippen LogP contribution is -2.47. The van der Waals surface area contributed by atoms with E-state index in [1.165, 1.54) is 11.1 Å². The third-order valence-corrected chi connectivity index (χ3v) is 3.73. The first-order valence-electron chi connectivity index (χ1n) is 9.01. The van der Waals surface area contributed by atoms with E-state index in [1.807, 2.05) is 58.0 Å². The van der Waals surface area contributed by atoms with Crippen molar-refractivity contribution in [1.29, 1.82) is 0 Å². The number of ether oxygens (including phenoxy) is 1. The number of pyridine rings is 1. The molecule has 27 heavy (non-hydrogen) atoms. The Morgan fingerprint density at radius 3 is 2.48 bits per heavy atom. The zero-order valence-corrected chi connectivity index (χ0v) is 16.4. The molecule has 1 aromatic carbocycles. The molecule has 0 aliphatic rings. The van der Waals surface area contributed by atoms with E-state index in [0.29, 0.717) is 24.6 Å². The highest BCUT2D eigenvalue weighted by molar-refractivity contribution is 5.96. The van der Waals surface area contributed by atoms with Gasteiger partial charge >= 0.3 is 0 Å². The van der Waals surface area contributed by atoms with Gasteiger partial charge in [-0.25, -0.2) is 4.98 Å². The molecule has 0 spiro atoms. The van der Waals surface area contributed by atoms with E-state index in [9.17, 15) is 9.59 Å². The van der Waals surface area contributed by atoms with Crippen molar-refractivity contribution in [2.24, 2.45) is 0 Å². The van der Waals surface area contributed by atoms with E-state index in [0.717, 1.165) is 5.56 Å². The molecule has 0 bridgehead atoms. The summed E-state index contributed by atoms with van der Waals surface area (Å²) < 4.78 is 5.68. The van der Waals surface area contributed by atoms with E-state index in [1.54, 1.807) is 12.1 Å². The lowest BCUT2D eigenvalue weighted by atomic mass is 10.1. The number of hydrogen-bond acceptors (Lipinski definition) is 4. The van der Waals surface area contributed by atoms with Crippen molar-refractivity contribution in [2.45, 2.75) is 39.8 Å². The Hall–Kier alpha value is -2.89. The molecule has 1 aromatic heterocycles. The van der Waals surface area contributed by atoms with Crippen molar-refractivity contribution < 1.29 is 14.3 Å². The van der Waals surface area contributed by atoms with Crippen LogP contribution in [0.3, 0.4) is 0 Å². The zero-order valence-electron chi connectivity index (χ0n) is 16.4. The first-order valence-corrected chi connectivity index (χ1v) is 9.01. The second kappa shape index (κ2) is 9.16. The van der Waals surface area contributed by atoms with Crippen LogP contribution in [-0.2, 0) is 11.4 Å². The molecule has 0 saturated heterocycles. The third kappa shape index (κ3) is 6.73. The summed E-state index contributed by atoms with van der Waals surface area (Å²) in [5, 5.41) is 2.87. The number of hydrogen-bond donors (Lipinski definition) is 1. The minimum absolute atomic E-state index is 0.00906. The lowest BCUT2D eigenvalue weighted by molar-refractivity contribution is -0.123. The van der Waals surface area contributed by atoms with Crippen LogP contribution in [0.15, 0.2) is 48.7 Å². The van der Waals surface area contributed by atoms with E-state index < -0.39 is 0 Å². The fraction of sp³-hybridized carbons (Fsp3) is 0.381. The molecule has 144 valence electrons. The summed E-state index contributed by atoms with van der Waals surface area (Å²) >= 11 is 0. The van der Waals surface area contributed by atoms with Crippen molar-refractivity contribution in [2.75, 3.05) is 13.1 Å². The van der Waals surface area contributed by atoms with Gasteiger partial charge in [0.15, 0.2) is 0 Å². The van der Waals surface area contributed by atoms with Gasteiger partial charge in [0, 0.05) is 29.9 Å². The number of nitrogens with zero attached hydrogens (tertiary/aromatic N) is 2. The SMILES string of the molecule is CCN(CC(=O)NC(C)(C)C)C(=O)c1ccnc(OCc2ccccc2)c1. The Balaban J connectivity index is 2.02. The molecule has 0 atom stereocenters. The molecule has 0 unspecified atom stereocenters. The van der Waals surface area contributed by atoms with Gasteiger partial charge in [0.2, 0.25) is 11.8 Å². The molecular weight excluding hydrogens is 342 g/mol. The van der Waals surface area contributed by atoms with E-state index in [-0.39, 0.29) is 23.9 Å². The summed E-state index contributed by atoms with van der Waals surface area (Å²) in [5.41, 5.74) is 1.12. The highest BCUT2D eigenvalue weighted by atomic mass is 16.5. The Labute approximate surface area is 160 Å². The lowest BCUT2D eigenvalue weighted by Gasteiger charge is -2.25. The van der Waals surface area contributed by atoms with Gasteiger partial charge in [0.05, 0.1) is 6.54 Å². The van der Waals surface area contributed by atoms with Crippen LogP contribution in [-0.4, -0.2) is 40.3 Å². The predicted octanol–water partition coefficient (Wildman–Crippen LogP) is 3.04.